The average molecular weight is 261 g/mol. The van der Waals surface area contributed by atoms with Gasteiger partial charge >= 0.3 is 5.97 Å². The van der Waals surface area contributed by atoms with Crippen LogP contribution >= 0.6 is 0 Å². The summed E-state index contributed by atoms with van der Waals surface area (Å²) in [6, 6.07) is 15.5. The van der Waals surface area contributed by atoms with Crippen molar-refractivity contribution in [1.82, 2.24) is 4.98 Å². The highest BCUT2D eigenvalue weighted by Gasteiger charge is 2.26. The van der Waals surface area contributed by atoms with Gasteiger partial charge in [0.15, 0.2) is 0 Å². The SMILES string of the molecule is O=C1Oc2ccccc2C1=Cc1c[nH]c2ccccc12. The molecular weight excluding hydrogens is 250 g/mol. The summed E-state index contributed by atoms with van der Waals surface area (Å²) in [6.45, 7) is 0. The van der Waals surface area contributed by atoms with Crippen molar-refractivity contribution in [3.63, 3.8) is 0 Å². The van der Waals surface area contributed by atoms with E-state index in [1.807, 2.05) is 60.8 Å². The molecule has 0 saturated carbocycles. The summed E-state index contributed by atoms with van der Waals surface area (Å²) in [5.41, 5.74) is 3.50. The van der Waals surface area contributed by atoms with Gasteiger partial charge in [-0.05, 0) is 18.2 Å². The third-order valence-corrected chi connectivity index (χ3v) is 3.52. The molecule has 0 radical (unpaired) electrons. The molecule has 0 amide bonds. The van der Waals surface area contributed by atoms with Crippen molar-refractivity contribution in [3.8, 4) is 5.75 Å². The lowest BCUT2D eigenvalue weighted by Gasteiger charge is -1.95. The molecule has 0 unspecified atom stereocenters. The molecule has 3 heteroatoms. The molecule has 0 spiro atoms. The number of aromatic nitrogens is 1. The molecule has 2 heterocycles. The fourth-order valence-corrected chi connectivity index (χ4v) is 2.55. The third-order valence-electron chi connectivity index (χ3n) is 3.52. The first-order chi connectivity index (χ1) is 9.83. The standard InChI is InChI=1S/C17H11NO2/c19-17-14(13-6-2-4-8-16(13)20-17)9-11-10-18-15-7-3-1-5-12(11)15/h1-10,18H. The van der Waals surface area contributed by atoms with Gasteiger partial charge in [-0.2, -0.15) is 0 Å². The maximum atomic E-state index is 12.0. The molecule has 4 rings (SSSR count). The number of H-pyrrole nitrogens is 1. The molecular formula is C17H11NO2. The second-order valence-corrected chi connectivity index (χ2v) is 4.73. The monoisotopic (exact) mass is 261 g/mol. The molecule has 0 saturated heterocycles. The number of para-hydroxylation sites is 2. The minimum absolute atomic E-state index is 0.295. The predicted molar refractivity (Wildman–Crippen MR) is 78.2 cm³/mol. The summed E-state index contributed by atoms with van der Waals surface area (Å²) in [5, 5.41) is 1.09. The van der Waals surface area contributed by atoms with Crippen molar-refractivity contribution in [2.45, 2.75) is 0 Å². The zero-order valence-corrected chi connectivity index (χ0v) is 10.6. The lowest BCUT2D eigenvalue weighted by molar-refractivity contribution is -0.126. The fraction of sp³-hybridized carbons (Fsp3) is 0. The molecule has 1 aliphatic heterocycles. The summed E-state index contributed by atoms with van der Waals surface area (Å²) in [7, 11) is 0. The molecule has 2 aromatic carbocycles. The van der Waals surface area contributed by atoms with Crippen LogP contribution < -0.4 is 4.74 Å². The number of aromatic amines is 1. The number of hydrogen-bond acceptors (Lipinski definition) is 2. The van der Waals surface area contributed by atoms with Gasteiger partial charge in [0, 0.05) is 28.2 Å². The Morgan fingerprint density at radius 2 is 1.80 bits per heavy atom. The quantitative estimate of drug-likeness (QED) is 0.413. The number of esters is 1. The molecule has 0 fully saturated rings. The van der Waals surface area contributed by atoms with Gasteiger partial charge < -0.3 is 9.72 Å². The Bertz CT molecular complexity index is 858. The number of nitrogens with one attached hydrogen (secondary N) is 1. The number of ether oxygens (including phenoxy) is 1. The van der Waals surface area contributed by atoms with E-state index in [4.69, 9.17) is 4.74 Å². The molecule has 1 aliphatic rings. The summed E-state index contributed by atoms with van der Waals surface area (Å²) < 4.78 is 5.26. The van der Waals surface area contributed by atoms with E-state index < -0.39 is 0 Å². The maximum Gasteiger partial charge on any atom is 0.344 e. The first kappa shape index (κ1) is 11.1. The highest BCUT2D eigenvalue weighted by atomic mass is 16.5. The van der Waals surface area contributed by atoms with Crippen LogP contribution in [0.2, 0.25) is 0 Å². The van der Waals surface area contributed by atoms with Crippen molar-refractivity contribution in [3.05, 3.63) is 65.9 Å². The Morgan fingerprint density at radius 3 is 2.75 bits per heavy atom. The number of hydrogen-bond donors (Lipinski definition) is 1. The van der Waals surface area contributed by atoms with Crippen LogP contribution in [0.4, 0.5) is 0 Å². The smallest absolute Gasteiger partial charge is 0.344 e. The molecule has 0 atom stereocenters. The summed E-state index contributed by atoms with van der Waals surface area (Å²) in [6.07, 6.45) is 3.79. The van der Waals surface area contributed by atoms with Crippen LogP contribution in [-0.2, 0) is 4.79 Å². The Hall–Kier alpha value is -2.81. The molecule has 0 aliphatic carbocycles. The molecule has 1 aromatic heterocycles. The van der Waals surface area contributed by atoms with E-state index in [0.29, 0.717) is 11.3 Å². The Balaban J connectivity index is 1.90. The van der Waals surface area contributed by atoms with Crippen LogP contribution in [0.25, 0.3) is 22.6 Å². The first-order valence-corrected chi connectivity index (χ1v) is 6.42. The largest absolute Gasteiger partial charge is 0.422 e. The number of benzene rings is 2. The van der Waals surface area contributed by atoms with E-state index in [0.717, 1.165) is 22.0 Å². The number of fused-ring (bicyclic) bond motifs is 2. The zero-order valence-electron chi connectivity index (χ0n) is 10.6. The first-order valence-electron chi connectivity index (χ1n) is 6.42. The topological polar surface area (TPSA) is 42.1 Å². The van der Waals surface area contributed by atoms with E-state index in [9.17, 15) is 4.79 Å². The van der Waals surface area contributed by atoms with E-state index in [2.05, 4.69) is 4.98 Å². The van der Waals surface area contributed by atoms with Gasteiger partial charge in [-0.3, -0.25) is 0 Å². The van der Waals surface area contributed by atoms with Crippen LogP contribution in [0.3, 0.4) is 0 Å². The van der Waals surface area contributed by atoms with E-state index >= 15 is 0 Å². The van der Waals surface area contributed by atoms with Gasteiger partial charge in [0.2, 0.25) is 0 Å². The Labute approximate surface area is 115 Å². The minimum Gasteiger partial charge on any atom is -0.422 e. The second kappa shape index (κ2) is 4.10. The number of carbonyl (C=O) groups is 1. The van der Waals surface area contributed by atoms with E-state index in [1.165, 1.54) is 0 Å². The van der Waals surface area contributed by atoms with Crippen molar-refractivity contribution in [1.29, 1.82) is 0 Å². The lowest BCUT2D eigenvalue weighted by Crippen LogP contribution is -2.00. The highest BCUT2D eigenvalue weighted by Crippen LogP contribution is 2.35. The van der Waals surface area contributed by atoms with Crippen LogP contribution in [0, 0.1) is 0 Å². The fourth-order valence-electron chi connectivity index (χ4n) is 2.55. The third kappa shape index (κ3) is 1.57. The van der Waals surface area contributed by atoms with Gasteiger partial charge in [0.05, 0.1) is 5.57 Å². The number of rotatable bonds is 1. The zero-order chi connectivity index (χ0) is 13.5. The van der Waals surface area contributed by atoms with Gasteiger partial charge in [-0.15, -0.1) is 0 Å². The van der Waals surface area contributed by atoms with Crippen LogP contribution in [0.1, 0.15) is 11.1 Å². The molecule has 3 aromatic rings. The van der Waals surface area contributed by atoms with Crippen LogP contribution in [0.15, 0.2) is 54.7 Å². The summed E-state index contributed by atoms with van der Waals surface area (Å²) in [4.78, 5) is 15.2. The van der Waals surface area contributed by atoms with Crippen molar-refractivity contribution < 1.29 is 9.53 Å². The lowest BCUT2D eigenvalue weighted by atomic mass is 10.0. The van der Waals surface area contributed by atoms with E-state index in [-0.39, 0.29) is 5.97 Å². The van der Waals surface area contributed by atoms with Crippen LogP contribution in [-0.4, -0.2) is 11.0 Å². The Kier molecular flexibility index (Phi) is 2.27. The van der Waals surface area contributed by atoms with Gasteiger partial charge in [-0.25, -0.2) is 4.79 Å². The van der Waals surface area contributed by atoms with Gasteiger partial charge in [0.1, 0.15) is 5.75 Å². The van der Waals surface area contributed by atoms with Gasteiger partial charge in [-0.1, -0.05) is 36.4 Å². The second-order valence-electron chi connectivity index (χ2n) is 4.73. The summed E-state index contributed by atoms with van der Waals surface area (Å²) >= 11 is 0. The maximum absolute atomic E-state index is 12.0. The van der Waals surface area contributed by atoms with Crippen molar-refractivity contribution in [2.24, 2.45) is 0 Å². The normalized spacial score (nSPS) is 15.6. The van der Waals surface area contributed by atoms with Crippen LogP contribution in [0.5, 0.6) is 5.75 Å². The predicted octanol–water partition coefficient (Wildman–Crippen LogP) is 3.63. The number of carbonyl (C=O) groups excluding carboxylic acids is 1. The molecule has 0 bridgehead atoms. The molecule has 20 heavy (non-hydrogen) atoms. The minimum atomic E-state index is -0.295. The van der Waals surface area contributed by atoms with Gasteiger partial charge in [0.25, 0.3) is 0 Å². The molecule has 3 nitrogen and oxygen atoms in total. The van der Waals surface area contributed by atoms with Crippen molar-refractivity contribution >= 4 is 28.5 Å². The summed E-state index contributed by atoms with van der Waals surface area (Å²) in [5.74, 6) is 0.333. The van der Waals surface area contributed by atoms with Crippen molar-refractivity contribution in [2.75, 3.05) is 0 Å². The average Bonchev–Trinajstić information content (AvgIpc) is 3.02. The highest BCUT2D eigenvalue weighted by molar-refractivity contribution is 6.26. The molecule has 1 N–H and O–H groups in total. The Morgan fingerprint density at radius 1 is 1.00 bits per heavy atom. The van der Waals surface area contributed by atoms with E-state index in [1.54, 1.807) is 0 Å². The molecule has 96 valence electrons.